The maximum absolute atomic E-state index is 12.6. The molecule has 0 radical (unpaired) electrons. The monoisotopic (exact) mass is 414 g/mol. The van der Waals surface area contributed by atoms with Gasteiger partial charge in [0.15, 0.2) is 11.5 Å². The third-order valence-electron chi connectivity index (χ3n) is 4.72. The smallest absolute Gasteiger partial charge is 0.291 e. The van der Waals surface area contributed by atoms with Crippen molar-refractivity contribution >= 4 is 23.6 Å². The minimum Gasteiger partial charge on any atom is -0.494 e. The number of fused-ring (bicyclic) bond motifs is 1. The Morgan fingerprint density at radius 3 is 2.58 bits per heavy atom. The van der Waals surface area contributed by atoms with Gasteiger partial charge in [-0.1, -0.05) is 42.5 Å². The molecule has 0 saturated heterocycles. The highest BCUT2D eigenvalue weighted by atomic mass is 16.5. The molecule has 6 heteroatoms. The number of ether oxygens (including phenoxy) is 2. The van der Waals surface area contributed by atoms with Crippen molar-refractivity contribution in [2.45, 2.75) is 13.5 Å². The van der Waals surface area contributed by atoms with Gasteiger partial charge in [0.25, 0.3) is 11.8 Å². The van der Waals surface area contributed by atoms with Crippen molar-refractivity contribution in [3.8, 4) is 11.5 Å². The Morgan fingerprint density at radius 1 is 1.06 bits per heavy atom. The number of nitrogens with one attached hydrogen (secondary N) is 2. The Morgan fingerprint density at radius 2 is 1.84 bits per heavy atom. The third kappa shape index (κ3) is 4.93. The van der Waals surface area contributed by atoms with E-state index in [9.17, 15) is 9.59 Å². The summed E-state index contributed by atoms with van der Waals surface area (Å²) in [6.07, 6.45) is 1.68. The number of carbonyl (C=O) groups excluding carboxylic acids is 2. The van der Waals surface area contributed by atoms with E-state index in [4.69, 9.17) is 9.47 Å². The van der Waals surface area contributed by atoms with Crippen LogP contribution < -0.4 is 20.1 Å². The van der Waals surface area contributed by atoms with Crippen molar-refractivity contribution < 1.29 is 19.1 Å². The fraction of sp³-hybridized carbons (Fsp3) is 0.120. The van der Waals surface area contributed by atoms with Crippen LogP contribution in [0, 0.1) is 0 Å². The third-order valence-corrected chi connectivity index (χ3v) is 4.72. The van der Waals surface area contributed by atoms with Crippen molar-refractivity contribution in [3.63, 3.8) is 0 Å². The van der Waals surface area contributed by atoms with Crippen molar-refractivity contribution in [2.24, 2.45) is 0 Å². The van der Waals surface area contributed by atoms with Gasteiger partial charge in [-0.3, -0.25) is 9.59 Å². The van der Waals surface area contributed by atoms with Crippen LogP contribution in [-0.2, 0) is 11.3 Å². The van der Waals surface area contributed by atoms with Gasteiger partial charge in [-0.05, 0) is 54.5 Å². The van der Waals surface area contributed by atoms with E-state index in [1.165, 1.54) is 0 Å². The zero-order valence-electron chi connectivity index (χ0n) is 17.1. The molecule has 1 aliphatic rings. The van der Waals surface area contributed by atoms with Gasteiger partial charge >= 0.3 is 0 Å². The molecule has 0 spiro atoms. The fourth-order valence-corrected chi connectivity index (χ4v) is 3.16. The van der Waals surface area contributed by atoms with Crippen LogP contribution in [0.25, 0.3) is 6.08 Å². The Hall–Kier alpha value is -4.06. The van der Waals surface area contributed by atoms with Gasteiger partial charge in [0, 0.05) is 12.1 Å². The lowest BCUT2D eigenvalue weighted by Crippen LogP contribution is -2.25. The van der Waals surface area contributed by atoms with Crippen LogP contribution >= 0.6 is 0 Å². The Kier molecular flexibility index (Phi) is 5.98. The van der Waals surface area contributed by atoms with Crippen molar-refractivity contribution in [2.75, 3.05) is 11.9 Å². The second-order valence-corrected chi connectivity index (χ2v) is 6.95. The number of amides is 2. The van der Waals surface area contributed by atoms with E-state index in [-0.39, 0.29) is 17.6 Å². The minimum absolute atomic E-state index is 0.200. The molecule has 31 heavy (non-hydrogen) atoms. The van der Waals surface area contributed by atoms with Crippen LogP contribution in [0.15, 0.2) is 78.6 Å². The lowest BCUT2D eigenvalue weighted by atomic mass is 10.1. The number of hydrogen-bond donors (Lipinski definition) is 2. The van der Waals surface area contributed by atoms with Crippen molar-refractivity contribution in [1.29, 1.82) is 0 Å². The molecular formula is C25H22N2O4. The maximum Gasteiger partial charge on any atom is 0.291 e. The standard InChI is InChI=1S/C25H22N2O4/c1-2-30-20-11-8-18(9-12-20)16-26-24(28)19-10-13-22-21(15-19)27-25(29)23(31-22)14-17-6-4-3-5-7-17/h3-15H,2,16H2,1H3,(H,26,28)(H,27,29). The molecule has 3 aromatic rings. The second-order valence-electron chi connectivity index (χ2n) is 6.95. The molecule has 1 aliphatic heterocycles. The summed E-state index contributed by atoms with van der Waals surface area (Å²) < 4.78 is 11.2. The highest BCUT2D eigenvalue weighted by Crippen LogP contribution is 2.32. The molecule has 0 bridgehead atoms. The van der Waals surface area contributed by atoms with E-state index in [0.717, 1.165) is 16.9 Å². The maximum atomic E-state index is 12.6. The van der Waals surface area contributed by atoms with Crippen LogP contribution in [0.1, 0.15) is 28.4 Å². The van der Waals surface area contributed by atoms with E-state index >= 15 is 0 Å². The van der Waals surface area contributed by atoms with Gasteiger partial charge in [-0.15, -0.1) is 0 Å². The van der Waals surface area contributed by atoms with Crippen LogP contribution in [0.4, 0.5) is 5.69 Å². The summed E-state index contributed by atoms with van der Waals surface area (Å²) in [5, 5.41) is 5.67. The summed E-state index contributed by atoms with van der Waals surface area (Å²) in [6.45, 7) is 2.92. The molecule has 0 fully saturated rings. The molecule has 3 aromatic carbocycles. The van der Waals surface area contributed by atoms with Gasteiger partial charge in [0.2, 0.25) is 0 Å². The minimum atomic E-state index is -0.358. The summed E-state index contributed by atoms with van der Waals surface area (Å²) in [4.78, 5) is 25.0. The summed E-state index contributed by atoms with van der Waals surface area (Å²) in [6, 6.07) is 22.0. The number of hydrogen-bond acceptors (Lipinski definition) is 4. The molecule has 1 heterocycles. The Bertz CT molecular complexity index is 1120. The summed E-state index contributed by atoms with van der Waals surface area (Å²) in [5.41, 5.74) is 2.72. The first-order chi connectivity index (χ1) is 15.1. The first-order valence-corrected chi connectivity index (χ1v) is 10.0. The molecule has 2 N–H and O–H groups in total. The van der Waals surface area contributed by atoms with E-state index < -0.39 is 0 Å². The van der Waals surface area contributed by atoms with Gasteiger partial charge in [0.1, 0.15) is 5.75 Å². The Balaban J connectivity index is 1.42. The average molecular weight is 414 g/mol. The lowest BCUT2D eigenvalue weighted by Gasteiger charge is -2.20. The lowest BCUT2D eigenvalue weighted by molar-refractivity contribution is -0.115. The predicted octanol–water partition coefficient (Wildman–Crippen LogP) is 4.39. The zero-order valence-corrected chi connectivity index (χ0v) is 17.1. The van der Waals surface area contributed by atoms with E-state index in [0.29, 0.717) is 30.2 Å². The highest BCUT2D eigenvalue weighted by molar-refractivity contribution is 6.09. The second kappa shape index (κ2) is 9.17. The molecule has 0 aromatic heterocycles. The SMILES string of the molecule is CCOc1ccc(CNC(=O)c2ccc3c(c2)NC(=O)C(=Cc2ccccc2)O3)cc1. The van der Waals surface area contributed by atoms with Gasteiger partial charge in [0.05, 0.1) is 12.3 Å². The molecule has 156 valence electrons. The van der Waals surface area contributed by atoms with Gasteiger partial charge < -0.3 is 20.1 Å². The molecule has 0 unspecified atom stereocenters. The molecule has 2 amide bonds. The number of carbonyl (C=O) groups is 2. The fourth-order valence-electron chi connectivity index (χ4n) is 3.16. The molecule has 6 nitrogen and oxygen atoms in total. The Labute approximate surface area is 180 Å². The number of anilines is 1. The van der Waals surface area contributed by atoms with Gasteiger partial charge in [-0.25, -0.2) is 0 Å². The van der Waals surface area contributed by atoms with Crippen LogP contribution in [-0.4, -0.2) is 18.4 Å². The number of benzene rings is 3. The molecular weight excluding hydrogens is 392 g/mol. The molecule has 0 atom stereocenters. The summed E-state index contributed by atoms with van der Waals surface area (Å²) in [7, 11) is 0. The van der Waals surface area contributed by atoms with Gasteiger partial charge in [-0.2, -0.15) is 0 Å². The van der Waals surface area contributed by atoms with Crippen molar-refractivity contribution in [1.82, 2.24) is 5.32 Å². The van der Waals surface area contributed by atoms with Crippen LogP contribution in [0.5, 0.6) is 11.5 Å². The zero-order chi connectivity index (χ0) is 21.6. The van der Waals surface area contributed by atoms with E-state index in [1.54, 1.807) is 24.3 Å². The predicted molar refractivity (Wildman–Crippen MR) is 119 cm³/mol. The number of rotatable bonds is 6. The largest absolute Gasteiger partial charge is 0.494 e. The first kappa shape index (κ1) is 20.2. The molecule has 0 aliphatic carbocycles. The quantitative estimate of drug-likeness (QED) is 0.587. The van der Waals surface area contributed by atoms with Crippen LogP contribution in [0.3, 0.4) is 0 Å². The van der Waals surface area contributed by atoms with E-state index in [2.05, 4.69) is 10.6 Å². The molecule has 0 saturated carbocycles. The normalized spacial score (nSPS) is 13.7. The topological polar surface area (TPSA) is 76.7 Å². The van der Waals surface area contributed by atoms with Crippen LogP contribution in [0.2, 0.25) is 0 Å². The van der Waals surface area contributed by atoms with E-state index in [1.807, 2.05) is 61.5 Å². The highest BCUT2D eigenvalue weighted by Gasteiger charge is 2.23. The average Bonchev–Trinajstić information content (AvgIpc) is 2.79. The molecule has 4 rings (SSSR count). The summed E-state index contributed by atoms with van der Waals surface area (Å²) >= 11 is 0. The van der Waals surface area contributed by atoms with Crippen molar-refractivity contribution in [3.05, 3.63) is 95.2 Å². The first-order valence-electron chi connectivity index (χ1n) is 10.0. The summed E-state index contributed by atoms with van der Waals surface area (Å²) in [5.74, 6) is 0.889.